The summed E-state index contributed by atoms with van der Waals surface area (Å²) in [7, 11) is 0. The highest BCUT2D eigenvalue weighted by atomic mass is 19.1. The van der Waals surface area contributed by atoms with E-state index in [1.807, 2.05) is 0 Å². The molecule has 2 aromatic heterocycles. The van der Waals surface area contributed by atoms with Crippen LogP contribution in [-0.4, -0.2) is 33.1 Å². The van der Waals surface area contributed by atoms with Crippen LogP contribution in [0.3, 0.4) is 0 Å². The van der Waals surface area contributed by atoms with Crippen molar-refractivity contribution in [2.24, 2.45) is 0 Å². The van der Waals surface area contributed by atoms with Crippen molar-refractivity contribution in [2.45, 2.75) is 38.4 Å². The monoisotopic (exact) mass is 366 g/mol. The Bertz CT molecular complexity index is 894. The van der Waals surface area contributed by atoms with E-state index in [4.69, 9.17) is 4.52 Å². The number of benzene rings is 1. The lowest BCUT2D eigenvalue weighted by atomic mass is 10.0. The van der Waals surface area contributed by atoms with E-state index in [0.29, 0.717) is 24.8 Å². The first-order chi connectivity index (χ1) is 13.0. The molecule has 5 nitrogen and oxygen atoms in total. The molecule has 1 aliphatic heterocycles. The molecule has 140 valence electrons. The third-order valence-electron chi connectivity index (χ3n) is 5.11. The molecule has 1 aromatic carbocycles. The SMILES string of the molecule is CC(C)c1ccc(CN2CCC(F)(c3noc(-c4ccncc4)n3)C2)cc1. The van der Waals surface area contributed by atoms with E-state index in [9.17, 15) is 0 Å². The van der Waals surface area contributed by atoms with Crippen LogP contribution < -0.4 is 0 Å². The number of aromatic nitrogens is 3. The summed E-state index contributed by atoms with van der Waals surface area (Å²) in [6, 6.07) is 12.1. The summed E-state index contributed by atoms with van der Waals surface area (Å²) < 4.78 is 20.7. The average Bonchev–Trinajstić information content (AvgIpc) is 3.31. The van der Waals surface area contributed by atoms with Gasteiger partial charge >= 0.3 is 0 Å². The Morgan fingerprint density at radius 2 is 1.89 bits per heavy atom. The van der Waals surface area contributed by atoms with Crippen LogP contribution in [0.5, 0.6) is 0 Å². The number of nitrogens with zero attached hydrogens (tertiary/aromatic N) is 4. The second-order valence-electron chi connectivity index (χ2n) is 7.48. The van der Waals surface area contributed by atoms with Crippen LogP contribution in [0.1, 0.15) is 43.1 Å². The number of halogens is 1. The fraction of sp³-hybridized carbons (Fsp3) is 0.381. The lowest BCUT2D eigenvalue weighted by molar-refractivity contribution is 0.148. The van der Waals surface area contributed by atoms with Crippen molar-refractivity contribution in [3.05, 3.63) is 65.7 Å². The molecule has 0 bridgehead atoms. The summed E-state index contributed by atoms with van der Waals surface area (Å²) in [5.74, 6) is 0.969. The zero-order valence-electron chi connectivity index (χ0n) is 15.6. The standard InChI is InChI=1S/C21H23FN4O/c1-15(2)17-5-3-16(4-6-17)13-26-12-9-21(22,14-26)20-24-19(27-25-20)18-7-10-23-11-8-18/h3-8,10-11,15H,9,12-14H2,1-2H3. The second-order valence-corrected chi connectivity index (χ2v) is 7.48. The minimum absolute atomic E-state index is 0.131. The first-order valence-corrected chi connectivity index (χ1v) is 9.28. The van der Waals surface area contributed by atoms with Gasteiger partial charge in [-0.15, -0.1) is 0 Å². The highest BCUT2D eigenvalue weighted by Crippen LogP contribution is 2.36. The van der Waals surface area contributed by atoms with Gasteiger partial charge in [-0.1, -0.05) is 43.3 Å². The Morgan fingerprint density at radius 3 is 2.59 bits per heavy atom. The Morgan fingerprint density at radius 1 is 1.15 bits per heavy atom. The Hall–Kier alpha value is -2.60. The molecule has 4 rings (SSSR count). The quantitative estimate of drug-likeness (QED) is 0.673. The number of alkyl halides is 1. The third kappa shape index (κ3) is 3.76. The van der Waals surface area contributed by atoms with E-state index in [1.54, 1.807) is 24.5 Å². The number of likely N-dealkylation sites (tertiary alicyclic amines) is 1. The van der Waals surface area contributed by atoms with Crippen molar-refractivity contribution in [2.75, 3.05) is 13.1 Å². The lowest BCUT2D eigenvalue weighted by Crippen LogP contribution is -2.28. The van der Waals surface area contributed by atoms with Gasteiger partial charge in [-0.25, -0.2) is 4.39 Å². The minimum Gasteiger partial charge on any atom is -0.334 e. The second kappa shape index (κ2) is 7.19. The van der Waals surface area contributed by atoms with Gasteiger partial charge in [0.15, 0.2) is 5.67 Å². The highest BCUT2D eigenvalue weighted by molar-refractivity contribution is 5.51. The number of hydrogen-bond acceptors (Lipinski definition) is 5. The van der Waals surface area contributed by atoms with Crippen LogP contribution >= 0.6 is 0 Å². The molecule has 3 heterocycles. The van der Waals surface area contributed by atoms with Gasteiger partial charge in [0, 0.05) is 44.0 Å². The van der Waals surface area contributed by atoms with Gasteiger partial charge < -0.3 is 4.52 Å². The van der Waals surface area contributed by atoms with Crippen LogP contribution in [0.15, 0.2) is 53.3 Å². The van der Waals surface area contributed by atoms with E-state index >= 15 is 4.39 Å². The molecule has 27 heavy (non-hydrogen) atoms. The van der Waals surface area contributed by atoms with Gasteiger partial charge in [-0.05, 0) is 29.2 Å². The fourth-order valence-corrected chi connectivity index (χ4v) is 3.45. The van der Waals surface area contributed by atoms with E-state index in [-0.39, 0.29) is 12.4 Å². The van der Waals surface area contributed by atoms with Crippen molar-refractivity contribution >= 4 is 0 Å². The fourth-order valence-electron chi connectivity index (χ4n) is 3.45. The maximum atomic E-state index is 15.5. The first-order valence-electron chi connectivity index (χ1n) is 9.28. The summed E-state index contributed by atoms with van der Waals surface area (Å²) >= 11 is 0. The Balaban J connectivity index is 1.44. The molecule has 1 fully saturated rings. The molecule has 0 spiro atoms. The van der Waals surface area contributed by atoms with Crippen LogP contribution in [0.2, 0.25) is 0 Å². The molecular formula is C21H23FN4O. The normalized spacial score (nSPS) is 20.4. The summed E-state index contributed by atoms with van der Waals surface area (Å²) in [5, 5.41) is 3.91. The summed E-state index contributed by atoms with van der Waals surface area (Å²) in [5.41, 5.74) is 1.67. The maximum Gasteiger partial charge on any atom is 0.258 e. The van der Waals surface area contributed by atoms with Gasteiger partial charge in [-0.3, -0.25) is 9.88 Å². The first kappa shape index (κ1) is 17.8. The molecule has 0 amide bonds. The molecule has 1 unspecified atom stereocenters. The highest BCUT2D eigenvalue weighted by Gasteiger charge is 2.44. The van der Waals surface area contributed by atoms with Crippen molar-refractivity contribution in [1.29, 1.82) is 0 Å². The maximum absolute atomic E-state index is 15.5. The zero-order chi connectivity index (χ0) is 18.9. The number of rotatable bonds is 5. The van der Waals surface area contributed by atoms with Crippen molar-refractivity contribution in [1.82, 2.24) is 20.0 Å². The number of pyridine rings is 1. The average molecular weight is 366 g/mol. The molecule has 0 N–H and O–H groups in total. The van der Waals surface area contributed by atoms with Gasteiger partial charge in [0.1, 0.15) is 0 Å². The largest absolute Gasteiger partial charge is 0.334 e. The number of hydrogen-bond donors (Lipinski definition) is 0. The third-order valence-corrected chi connectivity index (χ3v) is 5.11. The molecule has 0 radical (unpaired) electrons. The van der Waals surface area contributed by atoms with Crippen molar-refractivity contribution < 1.29 is 8.91 Å². The van der Waals surface area contributed by atoms with Crippen LogP contribution in [0.25, 0.3) is 11.5 Å². The molecule has 0 aliphatic carbocycles. The molecule has 1 saturated heterocycles. The smallest absolute Gasteiger partial charge is 0.258 e. The topological polar surface area (TPSA) is 55.1 Å². The van der Waals surface area contributed by atoms with Gasteiger partial charge in [-0.2, -0.15) is 4.98 Å². The van der Waals surface area contributed by atoms with Gasteiger partial charge in [0.2, 0.25) is 5.82 Å². The zero-order valence-corrected chi connectivity index (χ0v) is 15.6. The van der Waals surface area contributed by atoms with Crippen molar-refractivity contribution in [3.63, 3.8) is 0 Å². The predicted octanol–water partition coefficient (Wildman–Crippen LogP) is 4.33. The Labute approximate surface area is 158 Å². The van der Waals surface area contributed by atoms with E-state index < -0.39 is 5.67 Å². The molecule has 3 aromatic rings. The van der Waals surface area contributed by atoms with Crippen LogP contribution in [0, 0.1) is 0 Å². The van der Waals surface area contributed by atoms with Crippen molar-refractivity contribution in [3.8, 4) is 11.5 Å². The van der Waals surface area contributed by atoms with E-state index in [2.05, 4.69) is 58.1 Å². The van der Waals surface area contributed by atoms with E-state index in [0.717, 1.165) is 12.1 Å². The molecule has 1 aliphatic rings. The lowest BCUT2D eigenvalue weighted by Gasteiger charge is -2.18. The van der Waals surface area contributed by atoms with Crippen LogP contribution in [0.4, 0.5) is 4.39 Å². The summed E-state index contributed by atoms with van der Waals surface area (Å²) in [6.45, 7) is 6.02. The minimum atomic E-state index is -1.58. The molecular weight excluding hydrogens is 343 g/mol. The molecule has 1 atom stereocenters. The summed E-state index contributed by atoms with van der Waals surface area (Å²) in [6.07, 6.45) is 3.66. The van der Waals surface area contributed by atoms with E-state index in [1.165, 1.54) is 11.1 Å². The van der Waals surface area contributed by atoms with Crippen LogP contribution in [-0.2, 0) is 12.2 Å². The Kier molecular flexibility index (Phi) is 4.74. The summed E-state index contributed by atoms with van der Waals surface area (Å²) in [4.78, 5) is 10.4. The van der Waals surface area contributed by atoms with Gasteiger partial charge in [0.25, 0.3) is 5.89 Å². The predicted molar refractivity (Wildman–Crippen MR) is 101 cm³/mol. The molecule has 0 saturated carbocycles. The van der Waals surface area contributed by atoms with Gasteiger partial charge in [0.05, 0.1) is 0 Å². The molecule has 6 heteroatoms.